The van der Waals surface area contributed by atoms with E-state index in [2.05, 4.69) is 0 Å². The Morgan fingerprint density at radius 1 is 0.739 bits per heavy atom. The summed E-state index contributed by atoms with van der Waals surface area (Å²) in [6.45, 7) is 0. The molecule has 23 heavy (non-hydrogen) atoms. The third-order valence-electron chi connectivity index (χ3n) is 5.29. The summed E-state index contributed by atoms with van der Waals surface area (Å²) >= 11 is 0. The molecule has 122 valence electrons. The molecule has 3 heteroatoms. The Balaban J connectivity index is 2.12. The van der Waals surface area contributed by atoms with Crippen LogP contribution in [0.25, 0.3) is 0 Å². The van der Waals surface area contributed by atoms with Gasteiger partial charge in [0.25, 0.3) is 0 Å². The van der Waals surface area contributed by atoms with Crippen LogP contribution in [0, 0.1) is 5.92 Å². The van der Waals surface area contributed by atoms with Crippen LogP contribution in [0.5, 0.6) is 0 Å². The second-order valence-corrected chi connectivity index (χ2v) is 6.71. The SMILES string of the molecule is NC(N)(C1CCCCC1)C(O)(c1ccccc1)c1ccccc1. The molecule has 0 heterocycles. The van der Waals surface area contributed by atoms with Gasteiger partial charge in [-0.3, -0.25) is 0 Å². The van der Waals surface area contributed by atoms with Crippen molar-refractivity contribution >= 4 is 0 Å². The number of benzene rings is 2. The minimum absolute atomic E-state index is 0.0988. The van der Waals surface area contributed by atoms with Crippen molar-refractivity contribution in [1.29, 1.82) is 0 Å². The van der Waals surface area contributed by atoms with Gasteiger partial charge in [-0.1, -0.05) is 79.9 Å². The largest absolute Gasteiger partial charge is 0.377 e. The van der Waals surface area contributed by atoms with E-state index < -0.39 is 11.3 Å². The Bertz CT molecular complexity index is 579. The summed E-state index contributed by atoms with van der Waals surface area (Å²) in [4.78, 5) is 0. The third kappa shape index (κ3) is 2.80. The van der Waals surface area contributed by atoms with Crippen LogP contribution in [0.1, 0.15) is 43.2 Å². The summed E-state index contributed by atoms with van der Waals surface area (Å²) in [6, 6.07) is 19.2. The number of aliphatic hydroxyl groups is 1. The van der Waals surface area contributed by atoms with E-state index >= 15 is 0 Å². The molecule has 1 aliphatic rings. The van der Waals surface area contributed by atoms with Gasteiger partial charge in [-0.25, -0.2) is 0 Å². The Hall–Kier alpha value is -1.68. The molecule has 0 atom stereocenters. The first kappa shape index (κ1) is 16.2. The Kier molecular flexibility index (Phi) is 4.53. The fourth-order valence-corrected chi connectivity index (χ4v) is 3.90. The van der Waals surface area contributed by atoms with Gasteiger partial charge in [0.05, 0.1) is 0 Å². The van der Waals surface area contributed by atoms with Crippen LogP contribution >= 0.6 is 0 Å². The first-order valence-corrected chi connectivity index (χ1v) is 8.48. The lowest BCUT2D eigenvalue weighted by atomic mass is 9.67. The van der Waals surface area contributed by atoms with Crippen molar-refractivity contribution in [1.82, 2.24) is 0 Å². The molecule has 1 aliphatic carbocycles. The average molecular weight is 310 g/mol. The summed E-state index contributed by atoms with van der Waals surface area (Å²) in [5.41, 5.74) is 12.2. The molecule has 5 N–H and O–H groups in total. The smallest absolute Gasteiger partial charge is 0.146 e. The average Bonchev–Trinajstić information content (AvgIpc) is 2.63. The topological polar surface area (TPSA) is 72.3 Å². The minimum Gasteiger partial charge on any atom is -0.377 e. The van der Waals surface area contributed by atoms with Crippen LogP contribution in [0.15, 0.2) is 60.7 Å². The highest BCUT2D eigenvalue weighted by atomic mass is 16.3. The van der Waals surface area contributed by atoms with Gasteiger partial charge in [0.15, 0.2) is 0 Å². The van der Waals surface area contributed by atoms with E-state index in [0.29, 0.717) is 0 Å². The quantitative estimate of drug-likeness (QED) is 0.760. The third-order valence-corrected chi connectivity index (χ3v) is 5.29. The van der Waals surface area contributed by atoms with Crippen molar-refractivity contribution in [3.63, 3.8) is 0 Å². The van der Waals surface area contributed by atoms with Crippen molar-refractivity contribution in [2.24, 2.45) is 17.4 Å². The van der Waals surface area contributed by atoms with Crippen LogP contribution < -0.4 is 11.5 Å². The summed E-state index contributed by atoms with van der Waals surface area (Å²) < 4.78 is 0. The molecule has 0 aliphatic heterocycles. The molecule has 0 radical (unpaired) electrons. The zero-order valence-electron chi connectivity index (χ0n) is 13.5. The van der Waals surface area contributed by atoms with Gasteiger partial charge < -0.3 is 16.6 Å². The molecule has 1 fully saturated rings. The zero-order chi connectivity index (χ0) is 16.3. The summed E-state index contributed by atoms with van der Waals surface area (Å²) in [7, 11) is 0. The van der Waals surface area contributed by atoms with Crippen molar-refractivity contribution in [3.8, 4) is 0 Å². The Labute approximate surface area is 138 Å². The van der Waals surface area contributed by atoms with Crippen molar-refractivity contribution in [2.45, 2.75) is 43.4 Å². The summed E-state index contributed by atoms with van der Waals surface area (Å²) in [5, 5.41) is 11.8. The summed E-state index contributed by atoms with van der Waals surface area (Å²) in [5.74, 6) is 0.0988. The van der Waals surface area contributed by atoms with E-state index in [4.69, 9.17) is 11.5 Å². The maximum Gasteiger partial charge on any atom is 0.146 e. The molecule has 0 aromatic heterocycles. The molecule has 3 rings (SSSR count). The van der Waals surface area contributed by atoms with E-state index in [-0.39, 0.29) is 5.92 Å². The minimum atomic E-state index is -1.41. The first-order valence-electron chi connectivity index (χ1n) is 8.48. The van der Waals surface area contributed by atoms with E-state index in [1.54, 1.807) is 0 Å². The lowest BCUT2D eigenvalue weighted by Gasteiger charge is -2.48. The lowest BCUT2D eigenvalue weighted by Crippen LogP contribution is -2.69. The highest BCUT2D eigenvalue weighted by molar-refractivity contribution is 5.40. The lowest BCUT2D eigenvalue weighted by molar-refractivity contribution is -0.0395. The van der Waals surface area contributed by atoms with E-state index in [1.165, 1.54) is 6.42 Å². The standard InChI is InChI=1S/C20H26N2O/c21-20(22,18-14-8-3-9-15-18)19(23,16-10-4-1-5-11-16)17-12-6-2-7-13-17/h1-2,4-7,10-13,18,23H,3,8-9,14-15,21-22H2. The van der Waals surface area contributed by atoms with Crippen LogP contribution in [-0.2, 0) is 5.60 Å². The number of nitrogens with two attached hydrogens (primary N) is 2. The number of rotatable bonds is 4. The highest BCUT2D eigenvalue weighted by Crippen LogP contribution is 2.43. The second kappa shape index (κ2) is 6.44. The van der Waals surface area contributed by atoms with E-state index in [0.717, 1.165) is 36.8 Å². The predicted molar refractivity (Wildman–Crippen MR) is 93.6 cm³/mol. The van der Waals surface area contributed by atoms with Gasteiger partial charge in [-0.2, -0.15) is 0 Å². The van der Waals surface area contributed by atoms with E-state index in [9.17, 15) is 5.11 Å². The first-order chi connectivity index (χ1) is 11.1. The molecular weight excluding hydrogens is 284 g/mol. The molecule has 1 saturated carbocycles. The van der Waals surface area contributed by atoms with E-state index in [1.807, 2.05) is 60.7 Å². The number of hydrogen-bond acceptors (Lipinski definition) is 3. The maximum absolute atomic E-state index is 11.8. The van der Waals surface area contributed by atoms with Gasteiger partial charge in [0.2, 0.25) is 0 Å². The van der Waals surface area contributed by atoms with Gasteiger partial charge in [0, 0.05) is 0 Å². The molecule has 2 aromatic carbocycles. The highest BCUT2D eigenvalue weighted by Gasteiger charge is 2.52. The fraction of sp³-hybridized carbons (Fsp3) is 0.400. The predicted octanol–water partition coefficient (Wildman–Crippen LogP) is 3.12. The second-order valence-electron chi connectivity index (χ2n) is 6.71. The van der Waals surface area contributed by atoms with Gasteiger partial charge in [0.1, 0.15) is 11.3 Å². The van der Waals surface area contributed by atoms with Crippen LogP contribution in [0.4, 0.5) is 0 Å². The van der Waals surface area contributed by atoms with Crippen LogP contribution in [0.3, 0.4) is 0 Å². The molecule has 0 unspecified atom stereocenters. The summed E-state index contributed by atoms with van der Waals surface area (Å²) in [6.07, 6.45) is 5.41. The maximum atomic E-state index is 11.8. The molecule has 2 aromatic rings. The fourth-order valence-electron chi connectivity index (χ4n) is 3.90. The van der Waals surface area contributed by atoms with Gasteiger partial charge in [-0.05, 0) is 29.9 Å². The Morgan fingerprint density at radius 3 is 1.61 bits per heavy atom. The van der Waals surface area contributed by atoms with Crippen molar-refractivity contribution in [3.05, 3.63) is 71.8 Å². The Morgan fingerprint density at radius 2 is 1.17 bits per heavy atom. The molecule has 0 amide bonds. The van der Waals surface area contributed by atoms with Crippen LogP contribution in [-0.4, -0.2) is 10.8 Å². The monoisotopic (exact) mass is 310 g/mol. The molecule has 3 nitrogen and oxygen atoms in total. The molecule has 0 spiro atoms. The van der Waals surface area contributed by atoms with Gasteiger partial charge in [-0.15, -0.1) is 0 Å². The molecule has 0 saturated heterocycles. The van der Waals surface area contributed by atoms with Gasteiger partial charge >= 0.3 is 0 Å². The van der Waals surface area contributed by atoms with Crippen LogP contribution in [0.2, 0.25) is 0 Å². The van der Waals surface area contributed by atoms with Crippen molar-refractivity contribution in [2.75, 3.05) is 0 Å². The van der Waals surface area contributed by atoms with Crippen molar-refractivity contribution < 1.29 is 5.11 Å². The molecule has 0 bridgehead atoms. The molecular formula is C20H26N2O. The zero-order valence-corrected chi connectivity index (χ0v) is 13.5. The normalized spacial score (nSPS) is 17.2. The number of hydrogen-bond donors (Lipinski definition) is 3.